The van der Waals surface area contributed by atoms with E-state index in [0.717, 1.165) is 35.3 Å². The first kappa shape index (κ1) is 22.7. The van der Waals surface area contributed by atoms with Crippen molar-refractivity contribution in [3.05, 3.63) is 94.6 Å². The highest BCUT2D eigenvalue weighted by Gasteiger charge is 2.47. The van der Waals surface area contributed by atoms with E-state index in [2.05, 4.69) is 0 Å². The molecule has 1 unspecified atom stereocenters. The molecule has 1 N–H and O–H groups in total. The number of aliphatic hydroxyl groups excluding tert-OH is 1. The van der Waals surface area contributed by atoms with Gasteiger partial charge in [-0.3, -0.25) is 14.5 Å². The van der Waals surface area contributed by atoms with Crippen LogP contribution in [0.3, 0.4) is 0 Å². The summed E-state index contributed by atoms with van der Waals surface area (Å²) in [6, 6.07) is 19.3. The molecule has 3 aromatic carbocycles. The van der Waals surface area contributed by atoms with Crippen LogP contribution in [0.5, 0.6) is 11.5 Å². The number of hydrogen-bond acceptors (Lipinski definition) is 5. The number of anilines is 1. The predicted octanol–water partition coefficient (Wildman–Crippen LogP) is 5.35. The van der Waals surface area contributed by atoms with Gasteiger partial charge in [0.1, 0.15) is 17.3 Å². The number of Topliss-reactive ketones (excluding diaryl/α,β-unsaturated/α-hetero) is 1. The van der Waals surface area contributed by atoms with Gasteiger partial charge in [0, 0.05) is 11.3 Å². The van der Waals surface area contributed by atoms with Crippen LogP contribution >= 0.6 is 0 Å². The van der Waals surface area contributed by atoms with Crippen LogP contribution in [0, 0.1) is 6.92 Å². The van der Waals surface area contributed by atoms with Crippen LogP contribution in [0.4, 0.5) is 5.69 Å². The zero-order valence-electron chi connectivity index (χ0n) is 19.8. The second-order valence-corrected chi connectivity index (χ2v) is 8.73. The van der Waals surface area contributed by atoms with Crippen molar-refractivity contribution in [2.24, 2.45) is 0 Å². The van der Waals surface area contributed by atoms with Gasteiger partial charge in [-0.1, -0.05) is 24.3 Å². The van der Waals surface area contributed by atoms with Crippen molar-refractivity contribution in [2.75, 3.05) is 18.1 Å². The molecular formula is C29H27NO5. The topological polar surface area (TPSA) is 76.1 Å². The van der Waals surface area contributed by atoms with Crippen molar-refractivity contribution in [2.45, 2.75) is 32.7 Å². The second kappa shape index (κ2) is 9.29. The molecule has 0 aromatic heterocycles. The van der Waals surface area contributed by atoms with E-state index in [1.54, 1.807) is 30.3 Å². The lowest BCUT2D eigenvalue weighted by molar-refractivity contribution is -0.132. The van der Waals surface area contributed by atoms with Crippen molar-refractivity contribution in [3.63, 3.8) is 0 Å². The number of aliphatic hydroxyl groups is 1. The summed E-state index contributed by atoms with van der Waals surface area (Å²) in [6.07, 6.45) is 1.72. The Balaban J connectivity index is 1.67. The Morgan fingerprint density at radius 1 is 1.09 bits per heavy atom. The number of amides is 1. The average molecular weight is 470 g/mol. The third-order valence-electron chi connectivity index (χ3n) is 6.54. The summed E-state index contributed by atoms with van der Waals surface area (Å²) in [5.41, 5.74) is 3.81. The number of carbonyl (C=O) groups is 2. The van der Waals surface area contributed by atoms with E-state index in [4.69, 9.17) is 9.47 Å². The van der Waals surface area contributed by atoms with Crippen LogP contribution in [0.25, 0.3) is 5.76 Å². The van der Waals surface area contributed by atoms with E-state index in [0.29, 0.717) is 30.2 Å². The smallest absolute Gasteiger partial charge is 0.300 e. The summed E-state index contributed by atoms with van der Waals surface area (Å²) in [6.45, 7) is 5.03. The molecule has 0 saturated carbocycles. The maximum Gasteiger partial charge on any atom is 0.300 e. The Labute approximate surface area is 204 Å². The number of rotatable bonds is 5. The first-order valence-corrected chi connectivity index (χ1v) is 11.8. The molecule has 35 heavy (non-hydrogen) atoms. The van der Waals surface area contributed by atoms with Gasteiger partial charge < -0.3 is 14.6 Å². The van der Waals surface area contributed by atoms with Gasteiger partial charge in [0.2, 0.25) is 0 Å². The monoisotopic (exact) mass is 469 g/mol. The van der Waals surface area contributed by atoms with Gasteiger partial charge in [0.15, 0.2) is 0 Å². The van der Waals surface area contributed by atoms with Gasteiger partial charge in [-0.15, -0.1) is 0 Å². The third kappa shape index (κ3) is 4.05. The first-order valence-electron chi connectivity index (χ1n) is 11.8. The Morgan fingerprint density at radius 3 is 2.60 bits per heavy atom. The Hall–Kier alpha value is -4.06. The highest BCUT2D eigenvalue weighted by Crippen LogP contribution is 2.43. The van der Waals surface area contributed by atoms with Crippen molar-refractivity contribution < 1.29 is 24.2 Å². The maximum absolute atomic E-state index is 13.4. The summed E-state index contributed by atoms with van der Waals surface area (Å²) in [5.74, 6) is -0.100. The van der Waals surface area contributed by atoms with Gasteiger partial charge in [0.25, 0.3) is 11.7 Å². The van der Waals surface area contributed by atoms with Crippen LogP contribution < -0.4 is 14.4 Å². The quantitative estimate of drug-likeness (QED) is 0.310. The number of fused-ring (bicyclic) bond motifs is 1. The highest BCUT2D eigenvalue weighted by atomic mass is 16.5. The number of hydrogen-bond donors (Lipinski definition) is 1. The van der Waals surface area contributed by atoms with Crippen LogP contribution in [0.2, 0.25) is 0 Å². The number of aryl methyl sites for hydroxylation is 2. The molecule has 1 amide bonds. The van der Waals surface area contributed by atoms with Gasteiger partial charge >= 0.3 is 0 Å². The van der Waals surface area contributed by atoms with Crippen molar-refractivity contribution in [1.82, 2.24) is 0 Å². The second-order valence-electron chi connectivity index (χ2n) is 8.73. The molecule has 0 radical (unpaired) electrons. The summed E-state index contributed by atoms with van der Waals surface area (Å²) in [4.78, 5) is 28.2. The number of nitrogens with zero attached hydrogens (tertiary/aromatic N) is 1. The van der Waals surface area contributed by atoms with Gasteiger partial charge in [0.05, 0.1) is 24.8 Å². The van der Waals surface area contributed by atoms with E-state index in [9.17, 15) is 14.7 Å². The van der Waals surface area contributed by atoms with Gasteiger partial charge in [-0.2, -0.15) is 0 Å². The maximum atomic E-state index is 13.4. The molecule has 3 aromatic rings. The van der Waals surface area contributed by atoms with Crippen molar-refractivity contribution in [3.8, 4) is 11.5 Å². The van der Waals surface area contributed by atoms with Gasteiger partial charge in [-0.05, 0) is 85.8 Å². The Bertz CT molecular complexity index is 1330. The fourth-order valence-corrected chi connectivity index (χ4v) is 4.82. The molecule has 2 aliphatic heterocycles. The van der Waals surface area contributed by atoms with E-state index in [1.807, 2.05) is 50.2 Å². The normalized spacial score (nSPS) is 18.8. The SMILES string of the molecule is CCOc1ccc(N2C(=O)C(=O)/C(=C(/O)c3ccc4c(c3)CCCO4)C2c2ccccc2C)cc1. The average Bonchev–Trinajstić information content (AvgIpc) is 3.14. The number of ketones is 1. The molecule has 6 nitrogen and oxygen atoms in total. The molecule has 0 aliphatic carbocycles. The predicted molar refractivity (Wildman–Crippen MR) is 134 cm³/mol. The lowest BCUT2D eigenvalue weighted by Gasteiger charge is -2.27. The Kier molecular flexibility index (Phi) is 6.03. The summed E-state index contributed by atoms with van der Waals surface area (Å²) in [7, 11) is 0. The fraction of sp³-hybridized carbons (Fsp3) is 0.241. The van der Waals surface area contributed by atoms with Crippen LogP contribution in [-0.4, -0.2) is 30.0 Å². The van der Waals surface area contributed by atoms with Crippen molar-refractivity contribution in [1.29, 1.82) is 0 Å². The molecule has 0 bridgehead atoms. The van der Waals surface area contributed by atoms with E-state index in [1.165, 1.54) is 4.90 Å². The zero-order chi connectivity index (χ0) is 24.5. The van der Waals surface area contributed by atoms with Crippen LogP contribution in [-0.2, 0) is 16.0 Å². The third-order valence-corrected chi connectivity index (χ3v) is 6.54. The lowest BCUT2D eigenvalue weighted by Crippen LogP contribution is -2.29. The number of ether oxygens (including phenoxy) is 2. The molecule has 2 aliphatic rings. The molecule has 178 valence electrons. The number of benzene rings is 3. The minimum absolute atomic E-state index is 0.0786. The summed E-state index contributed by atoms with van der Waals surface area (Å²) >= 11 is 0. The first-order chi connectivity index (χ1) is 17.0. The highest BCUT2D eigenvalue weighted by molar-refractivity contribution is 6.51. The molecule has 1 saturated heterocycles. The van der Waals surface area contributed by atoms with E-state index in [-0.39, 0.29) is 11.3 Å². The largest absolute Gasteiger partial charge is 0.507 e. The zero-order valence-corrected chi connectivity index (χ0v) is 19.8. The minimum Gasteiger partial charge on any atom is -0.507 e. The van der Waals surface area contributed by atoms with Crippen LogP contribution in [0.1, 0.15) is 41.6 Å². The lowest BCUT2D eigenvalue weighted by atomic mass is 9.91. The molecule has 2 heterocycles. The molecular weight excluding hydrogens is 442 g/mol. The van der Waals surface area contributed by atoms with E-state index >= 15 is 0 Å². The molecule has 0 spiro atoms. The summed E-state index contributed by atoms with van der Waals surface area (Å²) < 4.78 is 11.2. The number of carbonyl (C=O) groups excluding carboxylic acids is 2. The Morgan fingerprint density at radius 2 is 1.86 bits per heavy atom. The van der Waals surface area contributed by atoms with E-state index < -0.39 is 17.7 Å². The minimum atomic E-state index is -0.763. The summed E-state index contributed by atoms with van der Waals surface area (Å²) in [5, 5.41) is 11.4. The molecule has 1 fully saturated rings. The van der Waals surface area contributed by atoms with Crippen molar-refractivity contribution >= 4 is 23.1 Å². The van der Waals surface area contributed by atoms with Crippen LogP contribution in [0.15, 0.2) is 72.3 Å². The molecule has 6 heteroatoms. The standard InChI is InChI=1S/C29H27NO5/c1-3-34-22-13-11-21(12-14-22)30-26(23-9-5-4-7-18(23)2)25(28(32)29(30)33)27(31)20-10-15-24-19(17-20)8-6-16-35-24/h4-5,7,9-15,17,26,31H,3,6,8,16H2,1-2H3/b27-25+. The molecule has 1 atom stereocenters. The molecule has 5 rings (SSSR count). The fourth-order valence-electron chi connectivity index (χ4n) is 4.82. The van der Waals surface area contributed by atoms with Gasteiger partial charge in [-0.25, -0.2) is 0 Å².